The minimum absolute atomic E-state index is 1.12. The summed E-state index contributed by atoms with van der Waals surface area (Å²) in [5.41, 5.74) is 6.86. The smallest absolute Gasteiger partial charge is 0.206 e. The molecule has 0 bridgehead atoms. The van der Waals surface area contributed by atoms with E-state index >= 15 is 0 Å². The minimum atomic E-state index is 1.12. The van der Waals surface area contributed by atoms with E-state index in [9.17, 15) is 0 Å². The highest BCUT2D eigenvalue weighted by Gasteiger charge is 2.16. The standard InChI is InChI=1S/C15H20N/c1-11-9-13(3)14(10-12(11)2)15-7-5-6-8-16(15)4/h5,7,9-10H,6,8H2,1-4H3/q+1. The first-order valence-corrected chi connectivity index (χ1v) is 5.92. The Balaban J connectivity index is 2.56. The summed E-state index contributed by atoms with van der Waals surface area (Å²) in [4.78, 5) is 0. The Morgan fingerprint density at radius 2 is 1.69 bits per heavy atom. The largest absolute Gasteiger partial charge is 0.232 e. The summed E-state index contributed by atoms with van der Waals surface area (Å²) in [6.45, 7) is 7.69. The van der Waals surface area contributed by atoms with Crippen molar-refractivity contribution in [3.8, 4) is 0 Å². The SMILES string of the molecule is Cc1cc(C)c(C2=[N+](C)CCC=C2)cc1C. The molecule has 1 aliphatic rings. The van der Waals surface area contributed by atoms with Crippen molar-refractivity contribution < 1.29 is 4.58 Å². The summed E-state index contributed by atoms with van der Waals surface area (Å²) in [5, 5.41) is 0. The molecular weight excluding hydrogens is 194 g/mol. The van der Waals surface area contributed by atoms with E-state index in [1.165, 1.54) is 28.0 Å². The topological polar surface area (TPSA) is 3.01 Å². The van der Waals surface area contributed by atoms with Crippen molar-refractivity contribution in [2.24, 2.45) is 0 Å². The average molecular weight is 214 g/mol. The van der Waals surface area contributed by atoms with Crippen molar-refractivity contribution in [3.63, 3.8) is 0 Å². The molecule has 0 saturated heterocycles. The first-order valence-electron chi connectivity index (χ1n) is 5.92. The fraction of sp³-hybridized carbons (Fsp3) is 0.400. The van der Waals surface area contributed by atoms with Crippen LogP contribution in [-0.4, -0.2) is 23.9 Å². The molecule has 0 radical (unpaired) electrons. The molecule has 1 heteroatoms. The van der Waals surface area contributed by atoms with E-state index in [1.807, 2.05) is 0 Å². The molecule has 0 spiro atoms. The highest BCUT2D eigenvalue weighted by atomic mass is 15.0. The molecule has 0 unspecified atom stereocenters. The summed E-state index contributed by atoms with van der Waals surface area (Å²) in [5.74, 6) is 0. The Bertz CT molecular complexity index is 478. The van der Waals surface area contributed by atoms with Crippen LogP contribution in [0.1, 0.15) is 28.7 Å². The molecule has 84 valence electrons. The summed E-state index contributed by atoms with van der Waals surface area (Å²) in [6, 6.07) is 4.60. The second-order valence-corrected chi connectivity index (χ2v) is 4.75. The van der Waals surface area contributed by atoms with Crippen LogP contribution in [0, 0.1) is 20.8 Å². The van der Waals surface area contributed by atoms with Crippen molar-refractivity contribution in [3.05, 3.63) is 46.5 Å². The molecule has 1 nitrogen and oxygen atoms in total. The molecule has 1 heterocycles. The molecule has 2 rings (SSSR count). The normalized spacial score (nSPS) is 15.8. The quantitative estimate of drug-likeness (QED) is 0.632. The Hall–Kier alpha value is -1.37. The highest BCUT2D eigenvalue weighted by Crippen LogP contribution is 2.17. The fourth-order valence-electron chi connectivity index (χ4n) is 2.24. The van der Waals surface area contributed by atoms with E-state index in [0.717, 1.165) is 13.0 Å². The van der Waals surface area contributed by atoms with E-state index in [0.29, 0.717) is 0 Å². The molecule has 0 aliphatic carbocycles. The maximum Gasteiger partial charge on any atom is 0.206 e. The van der Waals surface area contributed by atoms with Crippen molar-refractivity contribution in [2.45, 2.75) is 27.2 Å². The van der Waals surface area contributed by atoms with Crippen LogP contribution >= 0.6 is 0 Å². The molecule has 0 saturated carbocycles. The first kappa shape index (κ1) is 11.1. The maximum absolute atomic E-state index is 2.34. The number of nitrogens with zero attached hydrogens (tertiary/aromatic N) is 1. The molecule has 0 atom stereocenters. The van der Waals surface area contributed by atoms with Gasteiger partial charge in [-0.15, -0.1) is 0 Å². The van der Waals surface area contributed by atoms with Gasteiger partial charge in [-0.2, -0.15) is 0 Å². The molecule has 0 aromatic heterocycles. The lowest BCUT2D eigenvalue weighted by molar-refractivity contribution is -0.496. The van der Waals surface area contributed by atoms with E-state index in [4.69, 9.17) is 0 Å². The summed E-state index contributed by atoms with van der Waals surface area (Å²) in [6.07, 6.45) is 5.68. The van der Waals surface area contributed by atoms with Gasteiger partial charge in [0.1, 0.15) is 13.6 Å². The summed E-state index contributed by atoms with van der Waals surface area (Å²) < 4.78 is 2.34. The van der Waals surface area contributed by atoms with Gasteiger partial charge in [-0.3, -0.25) is 0 Å². The fourth-order valence-corrected chi connectivity index (χ4v) is 2.24. The van der Waals surface area contributed by atoms with Gasteiger partial charge in [-0.25, -0.2) is 4.58 Å². The van der Waals surface area contributed by atoms with Crippen molar-refractivity contribution >= 4 is 5.71 Å². The van der Waals surface area contributed by atoms with Gasteiger partial charge in [0.05, 0.1) is 0 Å². The molecule has 1 aliphatic heterocycles. The van der Waals surface area contributed by atoms with Crippen molar-refractivity contribution in [1.29, 1.82) is 0 Å². The predicted octanol–water partition coefficient (Wildman–Crippen LogP) is 3.00. The number of hydrogen-bond donors (Lipinski definition) is 0. The number of rotatable bonds is 1. The Labute approximate surface area is 98.1 Å². The molecular formula is C15H20N+. The molecule has 1 aromatic rings. The average Bonchev–Trinajstić information content (AvgIpc) is 2.25. The van der Waals surface area contributed by atoms with Crippen LogP contribution < -0.4 is 0 Å². The Morgan fingerprint density at radius 3 is 2.38 bits per heavy atom. The molecule has 16 heavy (non-hydrogen) atoms. The predicted molar refractivity (Wildman–Crippen MR) is 69.6 cm³/mol. The third-order valence-corrected chi connectivity index (χ3v) is 3.43. The number of allylic oxidation sites excluding steroid dienone is 1. The van der Waals surface area contributed by atoms with Gasteiger partial charge >= 0.3 is 0 Å². The summed E-state index contributed by atoms with van der Waals surface area (Å²) in [7, 11) is 2.17. The number of aryl methyl sites for hydroxylation is 3. The van der Waals surface area contributed by atoms with E-state index in [2.05, 4.69) is 56.7 Å². The lowest BCUT2D eigenvalue weighted by Gasteiger charge is -2.11. The third-order valence-electron chi connectivity index (χ3n) is 3.43. The second-order valence-electron chi connectivity index (χ2n) is 4.75. The lowest BCUT2D eigenvalue weighted by Crippen LogP contribution is -2.21. The van der Waals surface area contributed by atoms with Gasteiger partial charge in [0, 0.05) is 18.1 Å². The van der Waals surface area contributed by atoms with Crippen LogP contribution in [0.2, 0.25) is 0 Å². The van der Waals surface area contributed by atoms with Crippen LogP contribution in [0.4, 0.5) is 0 Å². The molecule has 0 N–H and O–H groups in total. The molecule has 1 aromatic carbocycles. The monoisotopic (exact) mass is 214 g/mol. The van der Waals surface area contributed by atoms with Crippen LogP contribution in [0.3, 0.4) is 0 Å². The zero-order chi connectivity index (χ0) is 11.7. The minimum Gasteiger partial charge on any atom is -0.232 e. The number of benzene rings is 1. The molecule has 0 fully saturated rings. The van der Waals surface area contributed by atoms with Gasteiger partial charge in [-0.05, 0) is 43.5 Å². The second kappa shape index (κ2) is 4.25. The Kier molecular flexibility index (Phi) is 2.95. The van der Waals surface area contributed by atoms with Gasteiger partial charge in [0.2, 0.25) is 5.71 Å². The van der Waals surface area contributed by atoms with Crippen molar-refractivity contribution in [2.75, 3.05) is 13.6 Å². The van der Waals surface area contributed by atoms with Gasteiger partial charge in [0.15, 0.2) is 0 Å². The number of hydrogen-bond acceptors (Lipinski definition) is 0. The summed E-state index contributed by atoms with van der Waals surface area (Å²) >= 11 is 0. The molecule has 0 amide bonds. The van der Waals surface area contributed by atoms with Crippen LogP contribution in [-0.2, 0) is 0 Å². The Morgan fingerprint density at radius 1 is 1.00 bits per heavy atom. The van der Waals surface area contributed by atoms with Gasteiger partial charge in [-0.1, -0.05) is 12.1 Å². The van der Waals surface area contributed by atoms with Crippen LogP contribution in [0.15, 0.2) is 24.3 Å². The van der Waals surface area contributed by atoms with Gasteiger partial charge in [0.25, 0.3) is 0 Å². The van der Waals surface area contributed by atoms with Crippen molar-refractivity contribution in [1.82, 2.24) is 0 Å². The van der Waals surface area contributed by atoms with E-state index in [-0.39, 0.29) is 0 Å². The zero-order valence-corrected chi connectivity index (χ0v) is 10.7. The van der Waals surface area contributed by atoms with Crippen LogP contribution in [0.5, 0.6) is 0 Å². The maximum atomic E-state index is 2.34. The highest BCUT2D eigenvalue weighted by molar-refractivity contribution is 6.06. The van der Waals surface area contributed by atoms with E-state index < -0.39 is 0 Å². The first-order chi connectivity index (χ1) is 7.59. The zero-order valence-electron chi connectivity index (χ0n) is 10.7. The van der Waals surface area contributed by atoms with Gasteiger partial charge < -0.3 is 0 Å². The third kappa shape index (κ3) is 1.95. The van der Waals surface area contributed by atoms with E-state index in [1.54, 1.807) is 0 Å². The van der Waals surface area contributed by atoms with Crippen LogP contribution in [0.25, 0.3) is 0 Å². The lowest BCUT2D eigenvalue weighted by atomic mass is 9.96.